The number of hydrogen-bond donors (Lipinski definition) is 0. The van der Waals surface area contributed by atoms with Crippen molar-refractivity contribution >= 4 is 10.8 Å². The fourth-order valence-corrected chi connectivity index (χ4v) is 3.09. The minimum absolute atomic E-state index is 0.324. The van der Waals surface area contributed by atoms with Crippen LogP contribution in [0.25, 0.3) is 21.9 Å². The third kappa shape index (κ3) is 3.65. The maximum Gasteiger partial charge on any atom is 0.166 e. The molecule has 0 bridgehead atoms. The number of hydrogen-bond acceptors (Lipinski definition) is 1. The van der Waals surface area contributed by atoms with Crippen LogP contribution in [0.4, 0.5) is 8.78 Å². The first-order chi connectivity index (χ1) is 12.1. The van der Waals surface area contributed by atoms with Gasteiger partial charge in [-0.25, -0.2) is 8.78 Å². The van der Waals surface area contributed by atoms with E-state index in [1.165, 1.54) is 0 Å². The first kappa shape index (κ1) is 17.4. The van der Waals surface area contributed by atoms with Gasteiger partial charge in [-0.15, -0.1) is 0 Å². The van der Waals surface area contributed by atoms with Crippen molar-refractivity contribution in [2.45, 2.75) is 32.6 Å². The third-order valence-corrected chi connectivity index (χ3v) is 4.57. The molecule has 0 aliphatic rings. The van der Waals surface area contributed by atoms with Crippen LogP contribution in [0.1, 0.15) is 31.7 Å². The van der Waals surface area contributed by atoms with E-state index >= 15 is 0 Å². The second-order valence-corrected chi connectivity index (χ2v) is 6.29. The zero-order valence-corrected chi connectivity index (χ0v) is 14.6. The highest BCUT2D eigenvalue weighted by Crippen LogP contribution is 2.30. The van der Waals surface area contributed by atoms with E-state index in [0.717, 1.165) is 41.5 Å². The molecule has 0 heterocycles. The van der Waals surface area contributed by atoms with Crippen molar-refractivity contribution in [3.63, 3.8) is 0 Å². The molecule has 0 radical (unpaired) electrons. The summed E-state index contributed by atoms with van der Waals surface area (Å²) in [5.41, 5.74) is 2.26. The zero-order valence-electron chi connectivity index (χ0n) is 14.6. The van der Waals surface area contributed by atoms with Gasteiger partial charge in [0.05, 0.1) is 7.11 Å². The van der Waals surface area contributed by atoms with Gasteiger partial charge in [-0.05, 0) is 59.2 Å². The molecule has 0 spiro atoms. The molecule has 130 valence electrons. The van der Waals surface area contributed by atoms with Crippen molar-refractivity contribution in [1.29, 1.82) is 0 Å². The van der Waals surface area contributed by atoms with Crippen molar-refractivity contribution in [1.82, 2.24) is 0 Å². The van der Waals surface area contributed by atoms with Crippen LogP contribution in [0.15, 0.2) is 48.5 Å². The Labute approximate surface area is 147 Å². The minimum atomic E-state index is -0.751. The molecular weight excluding hydrogens is 318 g/mol. The summed E-state index contributed by atoms with van der Waals surface area (Å²) in [6.45, 7) is 2.10. The van der Waals surface area contributed by atoms with Crippen molar-refractivity contribution in [2.75, 3.05) is 7.11 Å². The maximum atomic E-state index is 14.6. The molecule has 3 aromatic rings. The monoisotopic (exact) mass is 340 g/mol. The molecule has 0 N–H and O–H groups in total. The van der Waals surface area contributed by atoms with E-state index in [0.29, 0.717) is 17.4 Å². The Morgan fingerprint density at radius 2 is 1.56 bits per heavy atom. The van der Waals surface area contributed by atoms with Gasteiger partial charge in [0.2, 0.25) is 0 Å². The highest BCUT2D eigenvalue weighted by atomic mass is 19.2. The van der Waals surface area contributed by atoms with Crippen LogP contribution >= 0.6 is 0 Å². The Balaban J connectivity index is 1.99. The van der Waals surface area contributed by atoms with Crippen LogP contribution in [0.5, 0.6) is 5.75 Å². The van der Waals surface area contributed by atoms with E-state index in [9.17, 15) is 8.78 Å². The molecule has 0 saturated carbocycles. The lowest BCUT2D eigenvalue weighted by molar-refractivity contribution is 0.415. The highest BCUT2D eigenvalue weighted by molar-refractivity contribution is 5.88. The Bertz CT molecular complexity index is 869. The first-order valence-electron chi connectivity index (χ1n) is 8.69. The predicted molar refractivity (Wildman–Crippen MR) is 99.1 cm³/mol. The number of rotatable bonds is 6. The lowest BCUT2D eigenvalue weighted by Crippen LogP contribution is -1.97. The summed E-state index contributed by atoms with van der Waals surface area (Å²) in [5, 5.41) is 1.06. The average molecular weight is 340 g/mol. The zero-order chi connectivity index (χ0) is 17.8. The molecule has 25 heavy (non-hydrogen) atoms. The second-order valence-electron chi connectivity index (χ2n) is 6.29. The SMILES string of the molecule is CCCCCc1cc2ccc(-c3ccc(OC)cc3)cc2c(F)c1F. The first-order valence-corrected chi connectivity index (χ1v) is 8.69. The summed E-state index contributed by atoms with van der Waals surface area (Å²) in [5.74, 6) is -0.701. The molecule has 0 unspecified atom stereocenters. The van der Waals surface area contributed by atoms with E-state index in [-0.39, 0.29) is 0 Å². The van der Waals surface area contributed by atoms with Crippen LogP contribution in [0, 0.1) is 11.6 Å². The van der Waals surface area contributed by atoms with Gasteiger partial charge in [0, 0.05) is 5.39 Å². The fourth-order valence-electron chi connectivity index (χ4n) is 3.09. The molecule has 0 fully saturated rings. The molecule has 3 heteroatoms. The molecule has 0 aromatic heterocycles. The summed E-state index contributed by atoms with van der Waals surface area (Å²) in [6, 6.07) is 14.8. The molecule has 0 aliphatic carbocycles. The van der Waals surface area contributed by atoms with Gasteiger partial charge in [-0.1, -0.05) is 44.0 Å². The van der Waals surface area contributed by atoms with Crippen LogP contribution in [0.2, 0.25) is 0 Å². The summed E-state index contributed by atoms with van der Waals surface area (Å²) >= 11 is 0. The number of unbranched alkanes of at least 4 members (excludes halogenated alkanes) is 2. The number of halogens is 2. The molecule has 0 saturated heterocycles. The number of methoxy groups -OCH3 is 1. The summed E-state index contributed by atoms with van der Waals surface area (Å²) in [4.78, 5) is 0. The Hall–Kier alpha value is -2.42. The standard InChI is InChI=1S/C22H22F2O/c1-3-4-5-6-18-13-17-8-7-16(14-20(17)22(24)21(18)23)15-9-11-19(25-2)12-10-15/h7-14H,3-6H2,1-2H3. The molecule has 1 nitrogen and oxygen atoms in total. The molecular formula is C22H22F2O. The Morgan fingerprint density at radius 3 is 2.24 bits per heavy atom. The largest absolute Gasteiger partial charge is 0.497 e. The van der Waals surface area contributed by atoms with Gasteiger partial charge in [0.25, 0.3) is 0 Å². The number of fused-ring (bicyclic) bond motifs is 1. The topological polar surface area (TPSA) is 9.23 Å². The molecule has 3 aromatic carbocycles. The van der Waals surface area contributed by atoms with Gasteiger partial charge in [-0.2, -0.15) is 0 Å². The fraction of sp³-hybridized carbons (Fsp3) is 0.273. The third-order valence-electron chi connectivity index (χ3n) is 4.57. The van der Waals surface area contributed by atoms with E-state index in [2.05, 4.69) is 6.92 Å². The minimum Gasteiger partial charge on any atom is -0.497 e. The molecule has 3 rings (SSSR count). The van der Waals surface area contributed by atoms with Crippen molar-refractivity contribution in [2.24, 2.45) is 0 Å². The van der Waals surface area contributed by atoms with E-state index < -0.39 is 11.6 Å². The Kier molecular flexibility index (Phi) is 5.32. The lowest BCUT2D eigenvalue weighted by atomic mass is 9.97. The number of aryl methyl sites for hydroxylation is 1. The van der Waals surface area contributed by atoms with Gasteiger partial charge in [0.1, 0.15) is 5.75 Å². The smallest absolute Gasteiger partial charge is 0.166 e. The van der Waals surface area contributed by atoms with Crippen molar-refractivity contribution < 1.29 is 13.5 Å². The van der Waals surface area contributed by atoms with E-state index in [1.54, 1.807) is 19.2 Å². The predicted octanol–water partition coefficient (Wildman–Crippen LogP) is 6.53. The van der Waals surface area contributed by atoms with Crippen molar-refractivity contribution in [3.8, 4) is 16.9 Å². The van der Waals surface area contributed by atoms with E-state index in [4.69, 9.17) is 4.74 Å². The Morgan fingerprint density at radius 1 is 0.840 bits per heavy atom. The average Bonchev–Trinajstić information content (AvgIpc) is 2.65. The van der Waals surface area contributed by atoms with Gasteiger partial charge >= 0.3 is 0 Å². The van der Waals surface area contributed by atoms with Crippen LogP contribution < -0.4 is 4.74 Å². The summed E-state index contributed by atoms with van der Waals surface area (Å²) in [6.07, 6.45) is 3.54. The quantitative estimate of drug-likeness (QED) is 0.464. The van der Waals surface area contributed by atoms with Gasteiger partial charge < -0.3 is 4.74 Å². The molecule has 0 amide bonds. The molecule has 0 atom stereocenters. The van der Waals surface area contributed by atoms with E-state index in [1.807, 2.05) is 36.4 Å². The second kappa shape index (κ2) is 7.64. The van der Waals surface area contributed by atoms with Gasteiger partial charge in [-0.3, -0.25) is 0 Å². The lowest BCUT2D eigenvalue weighted by Gasteiger charge is -2.10. The van der Waals surface area contributed by atoms with Crippen LogP contribution in [0.3, 0.4) is 0 Å². The van der Waals surface area contributed by atoms with Crippen LogP contribution in [-0.2, 0) is 6.42 Å². The number of ether oxygens (including phenoxy) is 1. The molecule has 0 aliphatic heterocycles. The summed E-state index contributed by atoms with van der Waals surface area (Å²) < 4.78 is 34.1. The highest BCUT2D eigenvalue weighted by Gasteiger charge is 2.14. The maximum absolute atomic E-state index is 14.6. The normalized spacial score (nSPS) is 11.0. The van der Waals surface area contributed by atoms with Crippen LogP contribution in [-0.4, -0.2) is 7.11 Å². The number of benzene rings is 3. The van der Waals surface area contributed by atoms with Crippen molar-refractivity contribution in [3.05, 3.63) is 65.7 Å². The van der Waals surface area contributed by atoms with Gasteiger partial charge in [0.15, 0.2) is 11.6 Å². The summed E-state index contributed by atoms with van der Waals surface area (Å²) in [7, 11) is 1.61.